The molecule has 0 spiro atoms. The highest BCUT2D eigenvalue weighted by Crippen LogP contribution is 2.27. The molecule has 0 aromatic heterocycles. The molecule has 0 bridgehead atoms. The zero-order valence-corrected chi connectivity index (χ0v) is 13.2. The highest BCUT2D eigenvalue weighted by molar-refractivity contribution is 8.00. The van der Waals surface area contributed by atoms with Crippen LogP contribution >= 0.6 is 11.8 Å². The van der Waals surface area contributed by atoms with Crippen molar-refractivity contribution >= 4 is 17.7 Å². The third-order valence-electron chi connectivity index (χ3n) is 2.74. The third kappa shape index (κ3) is 6.44. The number of carboxylic acid groups (broad SMARTS) is 1. The van der Waals surface area contributed by atoms with Crippen LogP contribution in [-0.4, -0.2) is 34.2 Å². The van der Waals surface area contributed by atoms with E-state index in [-0.39, 0.29) is 34.0 Å². The fraction of sp³-hybridized carbons (Fsp3) is 0.889. The first-order valence-electron chi connectivity index (χ1n) is 5.11. The fourth-order valence-corrected chi connectivity index (χ4v) is 3.26. The number of rotatable bonds is 5. The van der Waals surface area contributed by atoms with Crippen molar-refractivity contribution in [1.29, 1.82) is 0 Å². The minimum absolute atomic E-state index is 0. The predicted octanol–water partition coefficient (Wildman–Crippen LogP) is -7.02. The molecule has 0 aromatic rings. The molecule has 0 saturated carbocycles. The summed E-state index contributed by atoms with van der Waals surface area (Å²) < 4.78 is 0. The van der Waals surface area contributed by atoms with Crippen LogP contribution in [0, 0.1) is 0 Å². The number of quaternary nitrogens is 2. The number of hydrogen-bond acceptors (Lipinski definition) is 2. The van der Waals surface area contributed by atoms with E-state index in [0.717, 1.165) is 25.0 Å². The minimum atomic E-state index is -0.690. The molecule has 1 aliphatic heterocycles. The van der Waals surface area contributed by atoms with Crippen molar-refractivity contribution < 1.29 is 55.3 Å². The van der Waals surface area contributed by atoms with E-state index < -0.39 is 5.97 Å². The number of thioether (sulfide) groups is 1. The van der Waals surface area contributed by atoms with E-state index in [1.165, 1.54) is 0 Å². The Balaban J connectivity index is 0. The molecule has 16 heavy (non-hydrogen) atoms. The first-order chi connectivity index (χ1) is 6.61. The normalized spacial score (nSPS) is 28.0. The van der Waals surface area contributed by atoms with Crippen molar-refractivity contribution in [2.45, 2.75) is 43.0 Å². The van der Waals surface area contributed by atoms with Gasteiger partial charge in [-0.2, -0.15) is 0 Å². The number of carbonyl (C=O) groups is 1. The second-order valence-corrected chi connectivity index (χ2v) is 5.21. The number of carboxylic acids is 1. The lowest BCUT2D eigenvalue weighted by Gasteiger charge is -2.11. The van der Waals surface area contributed by atoms with E-state index >= 15 is 0 Å². The summed E-state index contributed by atoms with van der Waals surface area (Å²) in [6, 6.07) is 0.925. The smallest absolute Gasteiger partial charge is 0.303 e. The zero-order chi connectivity index (χ0) is 10.6. The summed E-state index contributed by atoms with van der Waals surface area (Å²) in [5.74, 6) is 0.419. The van der Waals surface area contributed by atoms with Crippen molar-refractivity contribution in [2.24, 2.45) is 0 Å². The molecule has 4 nitrogen and oxygen atoms in total. The monoisotopic (exact) mass is 378 g/mol. The van der Waals surface area contributed by atoms with E-state index in [9.17, 15) is 4.79 Å². The quantitative estimate of drug-likeness (QED) is 0.414. The van der Waals surface area contributed by atoms with Crippen LogP contribution in [0.4, 0.5) is 0 Å². The number of halogens is 2. The molecule has 0 aliphatic carbocycles. The maximum atomic E-state index is 10.3. The van der Waals surface area contributed by atoms with Gasteiger partial charge in [-0.1, -0.05) is 6.42 Å². The number of aliphatic carboxylic acids is 1. The van der Waals surface area contributed by atoms with E-state index in [2.05, 4.69) is 11.5 Å². The van der Waals surface area contributed by atoms with Crippen LogP contribution in [0.5, 0.6) is 0 Å². The van der Waals surface area contributed by atoms with Gasteiger partial charge in [0.25, 0.3) is 0 Å². The molecule has 1 aliphatic rings. The van der Waals surface area contributed by atoms with Crippen LogP contribution in [0.2, 0.25) is 0 Å². The molecule has 98 valence electrons. The van der Waals surface area contributed by atoms with Crippen LogP contribution < -0.4 is 45.4 Å². The number of hydrogen-bond donors (Lipinski definition) is 3. The topological polar surface area (TPSA) is 92.6 Å². The first kappa shape index (κ1) is 19.0. The Bertz CT molecular complexity index is 210. The Kier molecular flexibility index (Phi) is 11.6. The highest BCUT2D eigenvalue weighted by Gasteiger charge is 2.36. The lowest BCUT2D eigenvalue weighted by atomic mass is 10.0. The Labute approximate surface area is 121 Å². The van der Waals surface area contributed by atoms with Crippen LogP contribution in [-0.2, 0) is 4.79 Å². The first-order valence-corrected chi connectivity index (χ1v) is 6.15. The number of unbranched alkanes of at least 4 members (excludes halogenated alkanes) is 1. The molecule has 7 N–H and O–H groups in total. The average Bonchev–Trinajstić information content (AvgIpc) is 2.43. The summed E-state index contributed by atoms with van der Waals surface area (Å²) >= 11 is 1.94. The molecule has 1 rings (SSSR count). The molecule has 1 heterocycles. The standard InChI is InChI=1S/C9H18N2O2S.2BrH/c10-6-5-14-7(9(6)11)3-1-2-4-8(12)13;;/h6-7,9H,1-5,10-11H2,(H,12,13);2*1H/t6-,7-,9-;;/m1../s1. The summed E-state index contributed by atoms with van der Waals surface area (Å²) in [5.41, 5.74) is 8.16. The SMILES string of the molecule is [Br-].[Br-].[NH3+][C@@H]1[C@H]([NH3+])CS[C@@H]1CCCCC(=O)O. The van der Waals surface area contributed by atoms with E-state index in [0.29, 0.717) is 23.8 Å². The van der Waals surface area contributed by atoms with Gasteiger partial charge in [0.15, 0.2) is 0 Å². The molecule has 0 radical (unpaired) electrons. The molecule has 0 unspecified atom stereocenters. The van der Waals surface area contributed by atoms with Gasteiger partial charge < -0.3 is 50.5 Å². The molecule has 0 aromatic carbocycles. The summed E-state index contributed by atoms with van der Waals surface area (Å²) in [7, 11) is 0. The molecular weight excluding hydrogens is 360 g/mol. The van der Waals surface area contributed by atoms with Gasteiger partial charge in [0.2, 0.25) is 0 Å². The highest BCUT2D eigenvalue weighted by atomic mass is 79.9. The molecule has 1 fully saturated rings. The lowest BCUT2D eigenvalue weighted by Crippen LogP contribution is -3.00. The van der Waals surface area contributed by atoms with Crippen LogP contribution in [0.3, 0.4) is 0 Å². The Hall–Kier alpha value is 0.700. The summed E-state index contributed by atoms with van der Waals surface area (Å²) in [5, 5.41) is 9.07. The van der Waals surface area contributed by atoms with Gasteiger partial charge >= 0.3 is 5.97 Å². The van der Waals surface area contributed by atoms with E-state index in [4.69, 9.17) is 5.11 Å². The van der Waals surface area contributed by atoms with Crippen molar-refractivity contribution in [3.63, 3.8) is 0 Å². The molecule has 3 atom stereocenters. The van der Waals surface area contributed by atoms with Gasteiger partial charge in [-0.3, -0.25) is 4.79 Å². The molecule has 7 heteroatoms. The van der Waals surface area contributed by atoms with Gasteiger partial charge in [-0.25, -0.2) is 0 Å². The summed E-state index contributed by atoms with van der Waals surface area (Å²) in [6.07, 6.45) is 3.19. The molecule has 1 saturated heterocycles. The minimum Gasteiger partial charge on any atom is -1.00 e. The van der Waals surface area contributed by atoms with Crippen LogP contribution in [0.15, 0.2) is 0 Å². The maximum Gasteiger partial charge on any atom is 0.303 e. The third-order valence-corrected chi connectivity index (χ3v) is 4.37. The van der Waals surface area contributed by atoms with Gasteiger partial charge in [-0.05, 0) is 12.8 Å². The van der Waals surface area contributed by atoms with Gasteiger partial charge in [0.05, 0.1) is 11.0 Å². The lowest BCUT2D eigenvalue weighted by molar-refractivity contribution is -0.520. The van der Waals surface area contributed by atoms with Crippen molar-refractivity contribution in [1.82, 2.24) is 0 Å². The molecular formula is C9H20Br2N2O2S. The van der Waals surface area contributed by atoms with Crippen molar-refractivity contribution in [3.05, 3.63) is 0 Å². The summed E-state index contributed by atoms with van der Waals surface area (Å²) in [4.78, 5) is 10.3. The Morgan fingerprint density at radius 1 is 1.31 bits per heavy atom. The van der Waals surface area contributed by atoms with Gasteiger partial charge in [0, 0.05) is 6.42 Å². The van der Waals surface area contributed by atoms with E-state index in [1.54, 1.807) is 0 Å². The van der Waals surface area contributed by atoms with Crippen molar-refractivity contribution in [2.75, 3.05) is 5.75 Å². The zero-order valence-electron chi connectivity index (χ0n) is 9.20. The molecule has 0 amide bonds. The van der Waals surface area contributed by atoms with E-state index in [1.807, 2.05) is 11.8 Å². The maximum absolute atomic E-state index is 10.3. The Morgan fingerprint density at radius 2 is 1.94 bits per heavy atom. The Morgan fingerprint density at radius 3 is 2.38 bits per heavy atom. The predicted molar refractivity (Wildman–Crippen MR) is 55.7 cm³/mol. The second kappa shape index (κ2) is 9.70. The average molecular weight is 380 g/mol. The van der Waals surface area contributed by atoms with Crippen LogP contribution in [0.25, 0.3) is 0 Å². The van der Waals surface area contributed by atoms with Crippen LogP contribution in [0.1, 0.15) is 25.7 Å². The van der Waals surface area contributed by atoms with Gasteiger partial charge in [-0.15, -0.1) is 11.8 Å². The fourth-order valence-electron chi connectivity index (χ4n) is 1.72. The second-order valence-electron chi connectivity index (χ2n) is 3.94. The van der Waals surface area contributed by atoms with Gasteiger partial charge in [0.1, 0.15) is 12.1 Å². The largest absolute Gasteiger partial charge is 1.00 e. The van der Waals surface area contributed by atoms with Crippen molar-refractivity contribution in [3.8, 4) is 0 Å². The summed E-state index contributed by atoms with van der Waals surface area (Å²) in [6.45, 7) is 0.